The molecule has 0 radical (unpaired) electrons. The van der Waals surface area contributed by atoms with Gasteiger partial charge in [-0.3, -0.25) is 5.10 Å². The van der Waals surface area contributed by atoms with E-state index >= 15 is 0 Å². The van der Waals surface area contributed by atoms with Gasteiger partial charge in [0.05, 0.1) is 6.20 Å². The molecule has 0 unspecified atom stereocenters. The van der Waals surface area contributed by atoms with Gasteiger partial charge in [0.1, 0.15) is 5.69 Å². The van der Waals surface area contributed by atoms with Crippen LogP contribution in [0, 0.1) is 0 Å². The van der Waals surface area contributed by atoms with Gasteiger partial charge in [-0.25, -0.2) is 0 Å². The number of nitrogens with one attached hydrogen (secondary N) is 2. The molecule has 0 aromatic carbocycles. The van der Waals surface area contributed by atoms with E-state index in [4.69, 9.17) is 0 Å². The first-order chi connectivity index (χ1) is 6.95. The standard InChI is InChI=1S/C8H6N6/c1-2-9-8-6(1)7(12-14-13-8)5-3-10-11-4-5/h1-4H,(H,10,11)(H,9,12,13). The Hall–Kier alpha value is -2.24. The van der Waals surface area contributed by atoms with Crippen molar-refractivity contribution in [2.75, 3.05) is 0 Å². The Balaban J connectivity index is 2.36. The predicted octanol–water partition coefficient (Wildman–Crippen LogP) is 0.743. The van der Waals surface area contributed by atoms with Crippen molar-refractivity contribution in [1.82, 2.24) is 30.6 Å². The third-order valence-electron chi connectivity index (χ3n) is 2.04. The molecule has 0 spiro atoms. The minimum Gasteiger partial charge on any atom is -0.345 e. The maximum atomic E-state index is 3.98. The molecule has 2 N–H and O–H groups in total. The molecule has 14 heavy (non-hydrogen) atoms. The Kier molecular flexibility index (Phi) is 1.35. The highest BCUT2D eigenvalue weighted by Gasteiger charge is 2.08. The van der Waals surface area contributed by atoms with E-state index in [2.05, 4.69) is 30.6 Å². The Bertz CT molecular complexity index is 552. The minimum absolute atomic E-state index is 0.733. The molecule has 0 amide bonds. The van der Waals surface area contributed by atoms with Crippen LogP contribution in [-0.4, -0.2) is 30.6 Å². The van der Waals surface area contributed by atoms with Gasteiger partial charge in [0, 0.05) is 23.3 Å². The molecule has 3 aromatic heterocycles. The van der Waals surface area contributed by atoms with Gasteiger partial charge in [0.25, 0.3) is 0 Å². The van der Waals surface area contributed by atoms with Crippen LogP contribution >= 0.6 is 0 Å². The van der Waals surface area contributed by atoms with Crippen LogP contribution in [0.25, 0.3) is 22.3 Å². The predicted molar refractivity (Wildman–Crippen MR) is 49.3 cm³/mol. The zero-order valence-electron chi connectivity index (χ0n) is 7.10. The fourth-order valence-corrected chi connectivity index (χ4v) is 1.39. The molecule has 0 aliphatic rings. The first-order valence-corrected chi connectivity index (χ1v) is 4.11. The monoisotopic (exact) mass is 186 g/mol. The van der Waals surface area contributed by atoms with Crippen LogP contribution in [0.1, 0.15) is 0 Å². The molecule has 6 nitrogen and oxygen atoms in total. The second kappa shape index (κ2) is 2.63. The van der Waals surface area contributed by atoms with Crippen molar-refractivity contribution in [3.63, 3.8) is 0 Å². The van der Waals surface area contributed by atoms with Gasteiger partial charge in [-0.15, -0.1) is 10.2 Å². The quantitative estimate of drug-likeness (QED) is 0.587. The molecule has 0 aliphatic heterocycles. The normalized spacial score (nSPS) is 10.9. The lowest BCUT2D eigenvalue weighted by Gasteiger charge is -1.94. The molecule has 0 bridgehead atoms. The molecular formula is C8H6N6. The molecule has 0 aliphatic carbocycles. The number of fused-ring (bicyclic) bond motifs is 1. The van der Waals surface area contributed by atoms with E-state index in [1.807, 2.05) is 12.3 Å². The van der Waals surface area contributed by atoms with Crippen LogP contribution in [0.2, 0.25) is 0 Å². The average molecular weight is 186 g/mol. The zero-order chi connectivity index (χ0) is 9.38. The molecule has 3 aromatic rings. The Morgan fingerprint density at radius 3 is 3.07 bits per heavy atom. The van der Waals surface area contributed by atoms with Crippen molar-refractivity contribution in [1.29, 1.82) is 0 Å². The van der Waals surface area contributed by atoms with Crippen LogP contribution in [0.5, 0.6) is 0 Å². The maximum Gasteiger partial charge on any atom is 0.164 e. The van der Waals surface area contributed by atoms with Crippen molar-refractivity contribution < 1.29 is 0 Å². The highest BCUT2D eigenvalue weighted by Crippen LogP contribution is 2.22. The molecule has 0 fully saturated rings. The summed E-state index contributed by atoms with van der Waals surface area (Å²) < 4.78 is 0. The topological polar surface area (TPSA) is 83.1 Å². The van der Waals surface area contributed by atoms with Crippen molar-refractivity contribution >= 4 is 11.0 Å². The van der Waals surface area contributed by atoms with Gasteiger partial charge in [-0.05, 0) is 11.3 Å². The SMILES string of the molecule is c1cc2c(-c3cn[nH]c3)nnnc2[nH]1. The lowest BCUT2D eigenvalue weighted by molar-refractivity contribution is 0.894. The van der Waals surface area contributed by atoms with Gasteiger partial charge in [-0.1, -0.05) is 0 Å². The molecule has 3 heterocycles. The summed E-state index contributed by atoms with van der Waals surface area (Å²) in [7, 11) is 0. The first kappa shape index (κ1) is 7.19. The summed E-state index contributed by atoms with van der Waals surface area (Å²) >= 11 is 0. The smallest absolute Gasteiger partial charge is 0.164 e. The molecular weight excluding hydrogens is 180 g/mol. The summed E-state index contributed by atoms with van der Waals surface area (Å²) in [6.07, 6.45) is 5.29. The van der Waals surface area contributed by atoms with Gasteiger partial charge in [0.15, 0.2) is 5.65 Å². The van der Waals surface area contributed by atoms with E-state index in [9.17, 15) is 0 Å². The van der Waals surface area contributed by atoms with Crippen LogP contribution in [0.15, 0.2) is 24.7 Å². The number of rotatable bonds is 1. The van der Waals surface area contributed by atoms with Gasteiger partial charge in [-0.2, -0.15) is 5.10 Å². The summed E-state index contributed by atoms with van der Waals surface area (Å²) in [5.74, 6) is 0. The largest absolute Gasteiger partial charge is 0.345 e. The zero-order valence-corrected chi connectivity index (χ0v) is 7.10. The number of H-pyrrole nitrogens is 2. The molecule has 68 valence electrons. The first-order valence-electron chi connectivity index (χ1n) is 4.11. The van der Waals surface area contributed by atoms with Crippen LogP contribution in [0.3, 0.4) is 0 Å². The number of hydrogen-bond acceptors (Lipinski definition) is 4. The summed E-state index contributed by atoms with van der Waals surface area (Å²) in [5, 5.41) is 19.1. The Morgan fingerprint density at radius 1 is 1.21 bits per heavy atom. The lowest BCUT2D eigenvalue weighted by atomic mass is 10.2. The van der Waals surface area contributed by atoms with E-state index in [0.717, 1.165) is 22.3 Å². The third-order valence-corrected chi connectivity index (χ3v) is 2.04. The van der Waals surface area contributed by atoms with Crippen LogP contribution < -0.4 is 0 Å². The Labute approximate surface area is 78.4 Å². The molecule has 0 saturated heterocycles. The highest BCUT2D eigenvalue weighted by molar-refractivity contribution is 5.89. The van der Waals surface area contributed by atoms with Crippen molar-refractivity contribution in [2.24, 2.45) is 0 Å². The van der Waals surface area contributed by atoms with E-state index in [1.165, 1.54) is 0 Å². The van der Waals surface area contributed by atoms with Gasteiger partial charge < -0.3 is 4.98 Å². The summed E-state index contributed by atoms with van der Waals surface area (Å²) in [6, 6.07) is 1.92. The average Bonchev–Trinajstić information content (AvgIpc) is 2.88. The summed E-state index contributed by atoms with van der Waals surface area (Å²) in [6.45, 7) is 0. The fraction of sp³-hybridized carbons (Fsp3) is 0. The highest BCUT2D eigenvalue weighted by atomic mass is 15.3. The maximum absolute atomic E-state index is 3.98. The lowest BCUT2D eigenvalue weighted by Crippen LogP contribution is -1.91. The molecule has 0 saturated carbocycles. The van der Waals surface area contributed by atoms with Crippen LogP contribution in [0.4, 0.5) is 0 Å². The number of nitrogens with zero attached hydrogens (tertiary/aromatic N) is 4. The Morgan fingerprint density at radius 2 is 2.21 bits per heavy atom. The second-order valence-electron chi connectivity index (χ2n) is 2.86. The van der Waals surface area contributed by atoms with Crippen LogP contribution in [-0.2, 0) is 0 Å². The molecule has 3 rings (SSSR count). The number of hydrogen-bond donors (Lipinski definition) is 2. The van der Waals surface area contributed by atoms with E-state index < -0.39 is 0 Å². The summed E-state index contributed by atoms with van der Waals surface area (Å²) in [5.41, 5.74) is 2.42. The van der Waals surface area contributed by atoms with Crippen molar-refractivity contribution in [2.45, 2.75) is 0 Å². The van der Waals surface area contributed by atoms with Crippen molar-refractivity contribution in [3.05, 3.63) is 24.7 Å². The molecule has 6 heteroatoms. The van der Waals surface area contributed by atoms with Crippen molar-refractivity contribution in [3.8, 4) is 11.3 Å². The number of aromatic amines is 2. The van der Waals surface area contributed by atoms with E-state index in [1.54, 1.807) is 12.4 Å². The number of aromatic nitrogens is 6. The van der Waals surface area contributed by atoms with Gasteiger partial charge in [0.2, 0.25) is 0 Å². The van der Waals surface area contributed by atoms with E-state index in [-0.39, 0.29) is 0 Å². The van der Waals surface area contributed by atoms with Gasteiger partial charge >= 0.3 is 0 Å². The minimum atomic E-state index is 0.733. The third kappa shape index (κ3) is 0.905. The van der Waals surface area contributed by atoms with E-state index in [0.29, 0.717) is 0 Å². The second-order valence-corrected chi connectivity index (χ2v) is 2.86. The fourth-order valence-electron chi connectivity index (χ4n) is 1.39. The summed E-state index contributed by atoms with van der Waals surface area (Å²) in [4.78, 5) is 2.98. The molecule has 0 atom stereocenters.